The minimum absolute atomic E-state index is 0.328. The number of amides is 2. The van der Waals surface area contributed by atoms with Crippen LogP contribution < -0.4 is 10.6 Å². The van der Waals surface area contributed by atoms with Gasteiger partial charge in [-0.3, -0.25) is 14.5 Å². The van der Waals surface area contributed by atoms with E-state index in [1.165, 1.54) is 0 Å². The van der Waals surface area contributed by atoms with E-state index in [1.54, 1.807) is 18.2 Å². The Morgan fingerprint density at radius 3 is 2.96 bits per heavy atom. The van der Waals surface area contributed by atoms with Gasteiger partial charge in [-0.15, -0.1) is 0 Å². The Labute approximate surface area is 138 Å². The lowest BCUT2D eigenvalue weighted by Gasteiger charge is -2.22. The quantitative estimate of drug-likeness (QED) is 0.822. The first-order chi connectivity index (χ1) is 11.2. The fourth-order valence-electron chi connectivity index (χ4n) is 2.88. The Bertz CT molecular complexity index is 717. The summed E-state index contributed by atoms with van der Waals surface area (Å²) in [6, 6.07) is 5.52. The molecule has 0 saturated carbocycles. The molecule has 1 fully saturated rings. The molecule has 8 heteroatoms. The number of aromatic nitrogens is 2. The number of hydrogen-bond acceptors (Lipinski definition) is 6. The predicted octanol–water partition coefficient (Wildman–Crippen LogP) is 1.23. The van der Waals surface area contributed by atoms with E-state index in [1.807, 2.05) is 0 Å². The molecule has 1 aromatic heterocycles. The lowest BCUT2D eigenvalue weighted by Crippen LogP contribution is -2.43. The summed E-state index contributed by atoms with van der Waals surface area (Å²) in [5.41, 5.74) is 2.03. The lowest BCUT2D eigenvalue weighted by molar-refractivity contribution is -0.136. The van der Waals surface area contributed by atoms with Gasteiger partial charge in [0.15, 0.2) is 0 Å². The third-order valence-corrected chi connectivity index (χ3v) is 4.68. The molecule has 1 atom stereocenters. The van der Waals surface area contributed by atoms with Crippen molar-refractivity contribution >= 4 is 40.3 Å². The van der Waals surface area contributed by atoms with E-state index in [0.717, 1.165) is 43.2 Å². The highest BCUT2D eigenvalue weighted by Gasteiger charge is 2.24. The number of likely N-dealkylation sites (tertiary alicyclic amines) is 1. The predicted molar refractivity (Wildman–Crippen MR) is 89.3 cm³/mol. The molecule has 0 bridgehead atoms. The number of anilines is 1. The number of benzene rings is 1. The Balaban J connectivity index is 1.53. The third-order valence-electron chi connectivity index (χ3n) is 4.12. The zero-order chi connectivity index (χ0) is 16.2. The summed E-state index contributed by atoms with van der Waals surface area (Å²) in [7, 11) is 0. The molecule has 1 aromatic carbocycles. The smallest absolute Gasteiger partial charge is 0.313 e. The molecular formula is C15H19N5O2S. The van der Waals surface area contributed by atoms with Crippen molar-refractivity contribution in [3.05, 3.63) is 18.2 Å². The standard InChI is InChI=1S/C15H19N5O2S/c1-2-20-7-3-4-11(20)9-16-14(21)15(22)17-10-5-6-12-13(8-10)19-23-18-12/h5-6,8,11H,2-4,7,9H2,1H3,(H,16,21)(H,17,22)/t11-/m1/s1. The van der Waals surface area contributed by atoms with E-state index in [2.05, 4.69) is 31.2 Å². The van der Waals surface area contributed by atoms with E-state index in [0.29, 0.717) is 23.8 Å². The summed E-state index contributed by atoms with van der Waals surface area (Å²) in [5, 5.41) is 5.32. The summed E-state index contributed by atoms with van der Waals surface area (Å²) in [6.45, 7) is 4.64. The van der Waals surface area contributed by atoms with Crippen molar-refractivity contribution in [3.8, 4) is 0 Å². The van der Waals surface area contributed by atoms with Crippen LogP contribution in [0.5, 0.6) is 0 Å². The van der Waals surface area contributed by atoms with Gasteiger partial charge in [0.25, 0.3) is 0 Å². The molecule has 2 amide bonds. The molecule has 0 unspecified atom stereocenters. The first kappa shape index (κ1) is 15.8. The topological polar surface area (TPSA) is 87.2 Å². The fourth-order valence-corrected chi connectivity index (χ4v) is 3.40. The SMILES string of the molecule is CCN1CCC[C@@H]1CNC(=O)C(=O)Nc1ccc2nsnc2c1. The maximum atomic E-state index is 12.0. The largest absolute Gasteiger partial charge is 0.346 e. The number of rotatable bonds is 4. The second kappa shape index (κ2) is 7.01. The number of hydrogen-bond donors (Lipinski definition) is 2. The second-order valence-electron chi connectivity index (χ2n) is 5.56. The molecule has 1 aliphatic rings. The third kappa shape index (κ3) is 3.65. The summed E-state index contributed by atoms with van der Waals surface area (Å²) >= 11 is 1.11. The molecular weight excluding hydrogens is 314 g/mol. The van der Waals surface area contributed by atoms with E-state index < -0.39 is 11.8 Å². The average Bonchev–Trinajstić information content (AvgIpc) is 3.20. The number of carbonyl (C=O) groups is 2. The second-order valence-corrected chi connectivity index (χ2v) is 6.08. The van der Waals surface area contributed by atoms with E-state index in [9.17, 15) is 9.59 Å². The Morgan fingerprint density at radius 2 is 2.13 bits per heavy atom. The van der Waals surface area contributed by atoms with Gasteiger partial charge in [-0.1, -0.05) is 6.92 Å². The number of fused-ring (bicyclic) bond motifs is 1. The lowest BCUT2D eigenvalue weighted by atomic mass is 10.2. The van der Waals surface area contributed by atoms with Crippen molar-refractivity contribution < 1.29 is 9.59 Å². The molecule has 0 radical (unpaired) electrons. The van der Waals surface area contributed by atoms with Crippen LogP contribution in [0.1, 0.15) is 19.8 Å². The number of nitrogens with one attached hydrogen (secondary N) is 2. The summed E-state index contributed by atoms with van der Waals surface area (Å²) in [6.07, 6.45) is 2.20. The van der Waals surface area contributed by atoms with Crippen molar-refractivity contribution in [1.82, 2.24) is 19.0 Å². The average molecular weight is 333 g/mol. The number of likely N-dealkylation sites (N-methyl/N-ethyl adjacent to an activating group) is 1. The molecule has 122 valence electrons. The normalized spacial score (nSPS) is 18.2. The van der Waals surface area contributed by atoms with Gasteiger partial charge >= 0.3 is 11.8 Å². The first-order valence-corrected chi connectivity index (χ1v) is 8.46. The van der Waals surface area contributed by atoms with Crippen LogP contribution in [0.2, 0.25) is 0 Å². The zero-order valence-corrected chi connectivity index (χ0v) is 13.7. The molecule has 0 aliphatic carbocycles. The van der Waals surface area contributed by atoms with Crippen LogP contribution >= 0.6 is 11.7 Å². The molecule has 2 N–H and O–H groups in total. The summed E-state index contributed by atoms with van der Waals surface area (Å²) in [5.74, 6) is -1.27. The van der Waals surface area contributed by atoms with Gasteiger partial charge in [-0.25, -0.2) is 0 Å². The van der Waals surface area contributed by atoms with Gasteiger partial charge in [0, 0.05) is 18.3 Å². The monoisotopic (exact) mass is 333 g/mol. The van der Waals surface area contributed by atoms with Gasteiger partial charge in [0.2, 0.25) is 0 Å². The maximum absolute atomic E-state index is 12.0. The molecule has 2 heterocycles. The Morgan fingerprint density at radius 1 is 1.30 bits per heavy atom. The van der Waals surface area contributed by atoms with Crippen LogP contribution in [0.3, 0.4) is 0 Å². The first-order valence-electron chi connectivity index (χ1n) is 7.73. The summed E-state index contributed by atoms with van der Waals surface area (Å²) in [4.78, 5) is 26.2. The van der Waals surface area contributed by atoms with Crippen molar-refractivity contribution in [3.63, 3.8) is 0 Å². The van der Waals surface area contributed by atoms with Gasteiger partial charge in [-0.2, -0.15) is 8.75 Å². The van der Waals surface area contributed by atoms with Crippen LogP contribution in [-0.2, 0) is 9.59 Å². The molecule has 3 rings (SSSR count). The van der Waals surface area contributed by atoms with E-state index >= 15 is 0 Å². The van der Waals surface area contributed by atoms with E-state index in [-0.39, 0.29) is 0 Å². The van der Waals surface area contributed by atoms with Crippen molar-refractivity contribution in [1.29, 1.82) is 0 Å². The van der Waals surface area contributed by atoms with Crippen LogP contribution in [0.4, 0.5) is 5.69 Å². The Kier molecular flexibility index (Phi) is 4.82. The van der Waals surface area contributed by atoms with Crippen LogP contribution in [-0.4, -0.2) is 51.1 Å². The fraction of sp³-hybridized carbons (Fsp3) is 0.467. The van der Waals surface area contributed by atoms with Gasteiger partial charge in [0.05, 0.1) is 11.7 Å². The van der Waals surface area contributed by atoms with E-state index in [4.69, 9.17) is 0 Å². The highest BCUT2D eigenvalue weighted by Crippen LogP contribution is 2.17. The van der Waals surface area contributed by atoms with Crippen LogP contribution in [0, 0.1) is 0 Å². The number of carbonyl (C=O) groups excluding carboxylic acids is 2. The molecule has 23 heavy (non-hydrogen) atoms. The highest BCUT2D eigenvalue weighted by molar-refractivity contribution is 7.00. The molecule has 7 nitrogen and oxygen atoms in total. The van der Waals surface area contributed by atoms with Gasteiger partial charge in [0.1, 0.15) is 11.0 Å². The number of nitrogens with zero attached hydrogens (tertiary/aromatic N) is 3. The van der Waals surface area contributed by atoms with Crippen molar-refractivity contribution in [2.75, 3.05) is 25.0 Å². The molecule has 0 spiro atoms. The van der Waals surface area contributed by atoms with Crippen LogP contribution in [0.15, 0.2) is 18.2 Å². The van der Waals surface area contributed by atoms with Crippen LogP contribution in [0.25, 0.3) is 11.0 Å². The summed E-state index contributed by atoms with van der Waals surface area (Å²) < 4.78 is 8.21. The molecule has 2 aromatic rings. The Hall–Kier alpha value is -2.06. The van der Waals surface area contributed by atoms with Crippen molar-refractivity contribution in [2.24, 2.45) is 0 Å². The molecule has 1 aliphatic heterocycles. The minimum Gasteiger partial charge on any atom is -0.346 e. The highest BCUT2D eigenvalue weighted by atomic mass is 32.1. The van der Waals surface area contributed by atoms with Gasteiger partial charge < -0.3 is 10.6 Å². The van der Waals surface area contributed by atoms with Crippen molar-refractivity contribution in [2.45, 2.75) is 25.8 Å². The molecule has 1 saturated heterocycles. The zero-order valence-electron chi connectivity index (χ0n) is 12.9. The van der Waals surface area contributed by atoms with Gasteiger partial charge in [-0.05, 0) is 44.1 Å². The maximum Gasteiger partial charge on any atom is 0.313 e. The minimum atomic E-state index is -0.659.